The van der Waals surface area contributed by atoms with Crippen molar-refractivity contribution >= 4 is 0 Å². The summed E-state index contributed by atoms with van der Waals surface area (Å²) in [5.74, 6) is 0. The van der Waals surface area contributed by atoms with Crippen molar-refractivity contribution in [3.8, 4) is 0 Å². The van der Waals surface area contributed by atoms with E-state index in [0.29, 0.717) is 6.04 Å². The van der Waals surface area contributed by atoms with E-state index in [9.17, 15) is 0 Å². The lowest BCUT2D eigenvalue weighted by atomic mass is 10.2. The lowest BCUT2D eigenvalue weighted by Crippen LogP contribution is -2.19. The summed E-state index contributed by atoms with van der Waals surface area (Å²) in [6.45, 7) is 5.42. The highest BCUT2D eigenvalue weighted by atomic mass is 15.1. The lowest BCUT2D eigenvalue weighted by molar-refractivity contribution is 0.499. The van der Waals surface area contributed by atoms with Gasteiger partial charge in [-0.25, -0.2) is 4.98 Å². The van der Waals surface area contributed by atoms with Crippen LogP contribution in [-0.2, 0) is 6.54 Å². The van der Waals surface area contributed by atoms with Gasteiger partial charge in [0.1, 0.15) is 0 Å². The summed E-state index contributed by atoms with van der Waals surface area (Å²) in [6, 6.07) is 1.34. The zero-order chi connectivity index (χ0) is 9.97. The summed E-state index contributed by atoms with van der Waals surface area (Å²) in [7, 11) is 0. The lowest BCUT2D eigenvalue weighted by Gasteiger charge is -2.14. The molecule has 78 valence electrons. The van der Waals surface area contributed by atoms with E-state index in [0.717, 1.165) is 19.0 Å². The molecule has 1 aliphatic carbocycles. The predicted octanol–water partition coefficient (Wildman–Crippen LogP) is 2.11. The molecule has 1 aromatic rings. The smallest absolute Gasteiger partial charge is 0.0951 e. The molecule has 3 heteroatoms. The minimum Gasteiger partial charge on any atom is -0.331 e. The van der Waals surface area contributed by atoms with Crippen LogP contribution in [0.2, 0.25) is 0 Å². The van der Waals surface area contributed by atoms with Crippen molar-refractivity contribution in [2.75, 3.05) is 0 Å². The highest BCUT2D eigenvalue weighted by Crippen LogP contribution is 2.20. The van der Waals surface area contributed by atoms with Crippen molar-refractivity contribution in [1.82, 2.24) is 14.9 Å². The van der Waals surface area contributed by atoms with Gasteiger partial charge < -0.3 is 9.88 Å². The van der Waals surface area contributed by atoms with Crippen molar-refractivity contribution in [3.05, 3.63) is 18.2 Å². The average molecular weight is 193 g/mol. The maximum Gasteiger partial charge on any atom is 0.0951 e. The molecule has 0 saturated heterocycles. The highest BCUT2D eigenvalue weighted by Gasteiger charge is 2.20. The number of nitrogens with zero attached hydrogens (tertiary/aromatic N) is 2. The fourth-order valence-corrected chi connectivity index (χ4v) is 1.60. The highest BCUT2D eigenvalue weighted by molar-refractivity contribution is 5.01. The van der Waals surface area contributed by atoms with E-state index < -0.39 is 0 Å². The molecule has 1 fully saturated rings. The van der Waals surface area contributed by atoms with Crippen molar-refractivity contribution in [2.24, 2.45) is 0 Å². The Morgan fingerprint density at radius 2 is 2.43 bits per heavy atom. The SMILES string of the molecule is CCC(C)n1cncc1CNC1CC1. The number of aromatic nitrogens is 2. The van der Waals surface area contributed by atoms with Crippen LogP contribution in [0.15, 0.2) is 12.5 Å². The first-order chi connectivity index (χ1) is 6.81. The van der Waals surface area contributed by atoms with Crippen molar-refractivity contribution < 1.29 is 0 Å². The first-order valence-corrected chi connectivity index (χ1v) is 5.55. The maximum absolute atomic E-state index is 4.21. The van der Waals surface area contributed by atoms with Crippen molar-refractivity contribution in [2.45, 2.75) is 51.7 Å². The maximum atomic E-state index is 4.21. The van der Waals surface area contributed by atoms with E-state index in [1.165, 1.54) is 18.5 Å². The van der Waals surface area contributed by atoms with Crippen LogP contribution in [0.4, 0.5) is 0 Å². The molecule has 1 aliphatic rings. The second-order valence-corrected chi connectivity index (χ2v) is 4.20. The van der Waals surface area contributed by atoms with E-state index in [4.69, 9.17) is 0 Å². The van der Waals surface area contributed by atoms with Gasteiger partial charge >= 0.3 is 0 Å². The molecule has 0 aliphatic heterocycles. The Hall–Kier alpha value is -0.830. The molecule has 1 atom stereocenters. The van der Waals surface area contributed by atoms with Crippen LogP contribution in [0.1, 0.15) is 44.8 Å². The van der Waals surface area contributed by atoms with Crippen LogP contribution < -0.4 is 5.32 Å². The number of rotatable bonds is 5. The third-order valence-electron chi connectivity index (χ3n) is 2.96. The van der Waals surface area contributed by atoms with E-state index in [1.807, 2.05) is 12.5 Å². The van der Waals surface area contributed by atoms with Crippen molar-refractivity contribution in [3.63, 3.8) is 0 Å². The van der Waals surface area contributed by atoms with Crippen LogP contribution in [0.25, 0.3) is 0 Å². The Kier molecular flexibility index (Phi) is 2.87. The molecule has 0 bridgehead atoms. The van der Waals surface area contributed by atoms with Gasteiger partial charge in [-0.15, -0.1) is 0 Å². The first kappa shape index (κ1) is 9.71. The Labute approximate surface area is 85.5 Å². The molecule has 14 heavy (non-hydrogen) atoms. The minimum atomic E-state index is 0.563. The normalized spacial score (nSPS) is 18.4. The van der Waals surface area contributed by atoms with Crippen LogP contribution in [0.5, 0.6) is 0 Å². The second kappa shape index (κ2) is 4.13. The Balaban J connectivity index is 1.96. The Morgan fingerprint density at radius 3 is 3.07 bits per heavy atom. The van der Waals surface area contributed by atoms with Gasteiger partial charge in [0.05, 0.1) is 12.0 Å². The van der Waals surface area contributed by atoms with Gasteiger partial charge in [-0.3, -0.25) is 0 Å². The van der Waals surface area contributed by atoms with E-state index in [2.05, 4.69) is 28.7 Å². The number of hydrogen-bond donors (Lipinski definition) is 1. The molecule has 0 radical (unpaired) electrons. The van der Waals surface area contributed by atoms with E-state index in [1.54, 1.807) is 0 Å². The summed E-state index contributed by atoms with van der Waals surface area (Å²) in [6.07, 6.45) is 7.77. The molecule has 0 amide bonds. The van der Waals surface area contributed by atoms with E-state index >= 15 is 0 Å². The molecular weight excluding hydrogens is 174 g/mol. The molecule has 1 heterocycles. The number of nitrogens with one attached hydrogen (secondary N) is 1. The molecule has 3 nitrogen and oxygen atoms in total. The fourth-order valence-electron chi connectivity index (χ4n) is 1.60. The summed E-state index contributed by atoms with van der Waals surface area (Å²) in [4.78, 5) is 4.21. The third kappa shape index (κ3) is 2.15. The number of imidazole rings is 1. The average Bonchev–Trinajstić information content (AvgIpc) is 2.92. The quantitative estimate of drug-likeness (QED) is 0.776. The van der Waals surface area contributed by atoms with Crippen LogP contribution >= 0.6 is 0 Å². The van der Waals surface area contributed by atoms with Gasteiger partial charge in [-0.2, -0.15) is 0 Å². The van der Waals surface area contributed by atoms with Crippen molar-refractivity contribution in [1.29, 1.82) is 0 Å². The zero-order valence-electron chi connectivity index (χ0n) is 9.03. The van der Waals surface area contributed by atoms with Gasteiger partial charge in [-0.1, -0.05) is 6.92 Å². The first-order valence-electron chi connectivity index (χ1n) is 5.55. The van der Waals surface area contributed by atoms with Gasteiger partial charge in [0.25, 0.3) is 0 Å². The molecule has 1 saturated carbocycles. The largest absolute Gasteiger partial charge is 0.331 e. The summed E-state index contributed by atoms with van der Waals surface area (Å²) >= 11 is 0. The Bertz CT molecular complexity index is 288. The summed E-state index contributed by atoms with van der Waals surface area (Å²) in [5, 5.41) is 3.52. The van der Waals surface area contributed by atoms with E-state index in [-0.39, 0.29) is 0 Å². The van der Waals surface area contributed by atoms with Gasteiger partial charge in [0.15, 0.2) is 0 Å². The molecule has 0 aromatic carbocycles. The summed E-state index contributed by atoms with van der Waals surface area (Å²) < 4.78 is 2.27. The standard InChI is InChI=1S/C11H19N3/c1-3-9(2)14-8-12-6-11(14)7-13-10-4-5-10/h6,8-10,13H,3-5,7H2,1-2H3. The monoisotopic (exact) mass is 193 g/mol. The minimum absolute atomic E-state index is 0.563. The van der Waals surface area contributed by atoms with Crippen LogP contribution in [-0.4, -0.2) is 15.6 Å². The second-order valence-electron chi connectivity index (χ2n) is 4.20. The molecule has 0 spiro atoms. The molecule has 2 rings (SSSR count). The Morgan fingerprint density at radius 1 is 1.64 bits per heavy atom. The van der Waals surface area contributed by atoms with Gasteiger partial charge in [0, 0.05) is 24.8 Å². The van der Waals surface area contributed by atoms with Crippen LogP contribution in [0.3, 0.4) is 0 Å². The molecule has 1 N–H and O–H groups in total. The van der Waals surface area contributed by atoms with Crippen LogP contribution in [0, 0.1) is 0 Å². The summed E-state index contributed by atoms with van der Waals surface area (Å²) in [5.41, 5.74) is 1.31. The van der Waals surface area contributed by atoms with Gasteiger partial charge in [-0.05, 0) is 26.2 Å². The predicted molar refractivity (Wildman–Crippen MR) is 57.1 cm³/mol. The zero-order valence-corrected chi connectivity index (χ0v) is 9.03. The topological polar surface area (TPSA) is 29.9 Å². The molecule has 1 aromatic heterocycles. The van der Waals surface area contributed by atoms with Gasteiger partial charge in [0.2, 0.25) is 0 Å². The molecule has 1 unspecified atom stereocenters. The third-order valence-corrected chi connectivity index (χ3v) is 2.96. The molecular formula is C11H19N3. The fraction of sp³-hybridized carbons (Fsp3) is 0.727. The number of hydrogen-bond acceptors (Lipinski definition) is 2.